The van der Waals surface area contributed by atoms with Gasteiger partial charge in [-0.05, 0) is 27.7 Å². The molecule has 1 unspecified atom stereocenters. The van der Waals surface area contributed by atoms with Gasteiger partial charge in [0, 0.05) is 39.3 Å². The first-order valence-corrected chi connectivity index (χ1v) is 7.74. The van der Waals surface area contributed by atoms with Crippen molar-refractivity contribution in [2.45, 2.75) is 39.3 Å². The number of nitrogens with zero attached hydrogens (tertiary/aromatic N) is 2. The highest BCUT2D eigenvalue weighted by atomic mass is 16.6. The fourth-order valence-electron chi connectivity index (χ4n) is 2.18. The van der Waals surface area contributed by atoms with Gasteiger partial charge in [-0.2, -0.15) is 0 Å². The molecule has 0 radical (unpaired) electrons. The van der Waals surface area contributed by atoms with E-state index in [0.717, 1.165) is 19.6 Å². The first-order valence-electron chi connectivity index (χ1n) is 7.74. The van der Waals surface area contributed by atoms with Crippen LogP contribution in [0.2, 0.25) is 0 Å². The van der Waals surface area contributed by atoms with Gasteiger partial charge in [0.25, 0.3) is 0 Å². The summed E-state index contributed by atoms with van der Waals surface area (Å²) in [6.45, 7) is 11.9. The lowest BCUT2D eigenvalue weighted by atomic mass is 10.2. The van der Waals surface area contributed by atoms with E-state index in [2.05, 4.69) is 15.0 Å². The van der Waals surface area contributed by atoms with Gasteiger partial charge in [0.1, 0.15) is 11.6 Å². The zero-order chi connectivity index (χ0) is 16.8. The quantitative estimate of drug-likeness (QED) is 0.753. The molecular weight excluding hydrogens is 286 g/mol. The highest BCUT2D eigenvalue weighted by Crippen LogP contribution is 2.11. The first kappa shape index (κ1) is 18.7. The van der Waals surface area contributed by atoms with Crippen LogP contribution in [0.25, 0.3) is 0 Å². The monoisotopic (exact) mass is 315 g/mol. The average Bonchev–Trinajstić information content (AvgIpc) is 2.45. The summed E-state index contributed by atoms with van der Waals surface area (Å²) in [6, 6.07) is -0.298. The maximum Gasteiger partial charge on any atom is 0.410 e. The Bertz CT molecular complexity index is 373. The zero-order valence-electron chi connectivity index (χ0n) is 14.3. The van der Waals surface area contributed by atoms with Crippen molar-refractivity contribution >= 4 is 12.1 Å². The van der Waals surface area contributed by atoms with Crippen LogP contribution >= 0.6 is 0 Å². The molecular formula is C15H29N3O4. The van der Waals surface area contributed by atoms with E-state index in [9.17, 15) is 9.59 Å². The zero-order valence-corrected chi connectivity index (χ0v) is 14.3. The van der Waals surface area contributed by atoms with E-state index in [0.29, 0.717) is 19.6 Å². The molecule has 1 saturated heterocycles. The average molecular weight is 315 g/mol. The van der Waals surface area contributed by atoms with Gasteiger partial charge in [-0.15, -0.1) is 0 Å². The summed E-state index contributed by atoms with van der Waals surface area (Å²) in [5.41, 5.74) is -0.456. The van der Waals surface area contributed by atoms with Crippen molar-refractivity contribution < 1.29 is 19.1 Å². The van der Waals surface area contributed by atoms with Crippen molar-refractivity contribution in [1.82, 2.24) is 15.1 Å². The Balaban J connectivity index is 2.23. The van der Waals surface area contributed by atoms with E-state index < -0.39 is 5.60 Å². The second-order valence-electron chi connectivity index (χ2n) is 6.51. The standard InChI is InChI=1S/C15H29N3O4/c1-12(13(19)21-5)16-6-7-17-8-10-18(11-9-17)14(20)22-15(2,3)4/h12,16H,6-11H2,1-5H3. The third-order valence-corrected chi connectivity index (χ3v) is 3.46. The summed E-state index contributed by atoms with van der Waals surface area (Å²) in [6.07, 6.45) is -0.246. The summed E-state index contributed by atoms with van der Waals surface area (Å²) in [4.78, 5) is 27.2. The number of hydrogen-bond acceptors (Lipinski definition) is 6. The van der Waals surface area contributed by atoms with Gasteiger partial charge in [0.2, 0.25) is 0 Å². The minimum Gasteiger partial charge on any atom is -0.468 e. The van der Waals surface area contributed by atoms with Crippen LogP contribution in [0.4, 0.5) is 4.79 Å². The van der Waals surface area contributed by atoms with Crippen LogP contribution in [0.5, 0.6) is 0 Å². The number of carbonyl (C=O) groups excluding carboxylic acids is 2. The lowest BCUT2D eigenvalue weighted by Gasteiger charge is -2.35. The van der Waals surface area contributed by atoms with Crippen molar-refractivity contribution in [1.29, 1.82) is 0 Å². The molecule has 22 heavy (non-hydrogen) atoms. The van der Waals surface area contributed by atoms with Crippen LogP contribution in [-0.2, 0) is 14.3 Å². The number of hydrogen-bond donors (Lipinski definition) is 1. The summed E-state index contributed by atoms with van der Waals surface area (Å²) in [7, 11) is 1.39. The van der Waals surface area contributed by atoms with Gasteiger partial charge < -0.3 is 19.7 Å². The van der Waals surface area contributed by atoms with Crippen LogP contribution in [0, 0.1) is 0 Å². The molecule has 0 aliphatic carbocycles. The van der Waals surface area contributed by atoms with Crippen LogP contribution in [-0.4, -0.2) is 79.9 Å². The third-order valence-electron chi connectivity index (χ3n) is 3.46. The van der Waals surface area contributed by atoms with Gasteiger partial charge in [0.05, 0.1) is 7.11 Å². The van der Waals surface area contributed by atoms with Crippen LogP contribution in [0.1, 0.15) is 27.7 Å². The minimum absolute atomic E-state index is 0.246. The molecule has 0 bridgehead atoms. The fraction of sp³-hybridized carbons (Fsp3) is 0.867. The number of piperazine rings is 1. The molecule has 0 saturated carbocycles. The number of carbonyl (C=O) groups is 2. The first-order chi connectivity index (χ1) is 10.2. The van der Waals surface area contributed by atoms with Crippen molar-refractivity contribution in [2.75, 3.05) is 46.4 Å². The van der Waals surface area contributed by atoms with Crippen molar-refractivity contribution in [3.05, 3.63) is 0 Å². The number of amides is 1. The highest BCUT2D eigenvalue weighted by molar-refractivity contribution is 5.75. The van der Waals surface area contributed by atoms with Gasteiger partial charge >= 0.3 is 12.1 Å². The lowest BCUT2D eigenvalue weighted by Crippen LogP contribution is -2.51. The SMILES string of the molecule is COC(=O)C(C)NCCN1CCN(C(=O)OC(C)(C)C)CC1. The molecule has 0 spiro atoms. The van der Waals surface area contributed by atoms with Gasteiger partial charge in [-0.25, -0.2) is 4.79 Å². The number of esters is 1. The molecule has 1 aliphatic heterocycles. The minimum atomic E-state index is -0.456. The van der Waals surface area contributed by atoms with Crippen LogP contribution < -0.4 is 5.32 Å². The maximum atomic E-state index is 12.0. The van der Waals surface area contributed by atoms with E-state index in [1.807, 2.05) is 20.8 Å². The molecule has 0 aromatic heterocycles. The Hall–Kier alpha value is -1.34. The Labute approximate surface area is 132 Å². The van der Waals surface area contributed by atoms with E-state index >= 15 is 0 Å². The van der Waals surface area contributed by atoms with E-state index in [-0.39, 0.29) is 18.1 Å². The molecule has 1 aliphatic rings. The predicted molar refractivity (Wildman–Crippen MR) is 83.7 cm³/mol. The third kappa shape index (κ3) is 6.62. The molecule has 7 heteroatoms. The molecule has 1 rings (SSSR count). The molecule has 7 nitrogen and oxygen atoms in total. The van der Waals surface area contributed by atoms with Crippen LogP contribution in [0.3, 0.4) is 0 Å². The van der Waals surface area contributed by atoms with Crippen molar-refractivity contribution in [3.8, 4) is 0 Å². The Kier molecular flexibility index (Phi) is 7.09. The molecule has 1 amide bonds. The molecule has 0 aromatic carbocycles. The fourth-order valence-corrected chi connectivity index (χ4v) is 2.18. The number of rotatable bonds is 5. The van der Waals surface area contributed by atoms with E-state index in [4.69, 9.17) is 4.74 Å². The number of nitrogens with one attached hydrogen (secondary N) is 1. The predicted octanol–water partition coefficient (Wildman–Crippen LogP) is 0.690. The van der Waals surface area contributed by atoms with Crippen LogP contribution in [0.15, 0.2) is 0 Å². The largest absolute Gasteiger partial charge is 0.468 e. The van der Waals surface area contributed by atoms with Gasteiger partial charge in [-0.1, -0.05) is 0 Å². The van der Waals surface area contributed by atoms with Gasteiger partial charge in [0.15, 0.2) is 0 Å². The number of methoxy groups -OCH3 is 1. The van der Waals surface area contributed by atoms with Crippen molar-refractivity contribution in [3.63, 3.8) is 0 Å². The second kappa shape index (κ2) is 8.33. The van der Waals surface area contributed by atoms with Crippen molar-refractivity contribution in [2.24, 2.45) is 0 Å². The summed E-state index contributed by atoms with van der Waals surface area (Å²) < 4.78 is 10.0. The highest BCUT2D eigenvalue weighted by Gasteiger charge is 2.25. The van der Waals surface area contributed by atoms with E-state index in [1.165, 1.54) is 7.11 Å². The summed E-state index contributed by atoms with van der Waals surface area (Å²) in [5.74, 6) is -0.255. The normalized spacial score (nSPS) is 18.0. The summed E-state index contributed by atoms with van der Waals surface area (Å²) in [5, 5.41) is 3.12. The van der Waals surface area contributed by atoms with Gasteiger partial charge in [-0.3, -0.25) is 9.69 Å². The Morgan fingerprint density at radius 1 is 1.18 bits per heavy atom. The molecule has 128 valence electrons. The lowest BCUT2D eigenvalue weighted by molar-refractivity contribution is -0.142. The number of ether oxygens (including phenoxy) is 2. The summed E-state index contributed by atoms with van der Waals surface area (Å²) >= 11 is 0. The molecule has 0 aromatic rings. The Morgan fingerprint density at radius 3 is 2.27 bits per heavy atom. The van der Waals surface area contributed by atoms with E-state index in [1.54, 1.807) is 11.8 Å². The molecule has 1 fully saturated rings. The smallest absolute Gasteiger partial charge is 0.410 e. The maximum absolute atomic E-state index is 12.0. The molecule has 1 atom stereocenters. The Morgan fingerprint density at radius 2 is 1.77 bits per heavy atom. The topological polar surface area (TPSA) is 71.1 Å². The molecule has 1 heterocycles. The molecule has 1 N–H and O–H groups in total. The second-order valence-corrected chi connectivity index (χ2v) is 6.51.